The van der Waals surface area contributed by atoms with Gasteiger partial charge in [-0.3, -0.25) is 0 Å². The van der Waals surface area contributed by atoms with E-state index in [2.05, 4.69) is 20.8 Å². The van der Waals surface area contributed by atoms with Crippen molar-refractivity contribution in [2.75, 3.05) is 25.6 Å². The van der Waals surface area contributed by atoms with Crippen molar-refractivity contribution in [3.63, 3.8) is 0 Å². The van der Waals surface area contributed by atoms with Gasteiger partial charge < -0.3 is 19.8 Å². The normalized spacial score (nSPS) is 10.9. The molecule has 114 valence electrons. The smallest absolute Gasteiger partial charge is 0.320 e. The summed E-state index contributed by atoms with van der Waals surface area (Å²) in [6.45, 7) is 1.47. The van der Waals surface area contributed by atoms with Crippen LogP contribution in [0.5, 0.6) is 0 Å². The molecule has 0 aliphatic heterocycles. The minimum absolute atomic E-state index is 0.0334. The van der Waals surface area contributed by atoms with Gasteiger partial charge in [-0.1, -0.05) is 5.10 Å². The topological polar surface area (TPSA) is 72.2 Å². The first-order valence-corrected chi connectivity index (χ1v) is 6.03. The third kappa shape index (κ3) is 4.17. The van der Waals surface area contributed by atoms with Crippen LogP contribution in [0.1, 0.15) is 5.89 Å². The molecule has 0 radical (unpaired) electrons. The van der Waals surface area contributed by atoms with Gasteiger partial charge in [-0.05, 0) is 0 Å². The number of halogens is 3. The number of hydrogen-bond acceptors (Lipinski definition) is 6. The van der Waals surface area contributed by atoms with Crippen molar-refractivity contribution in [2.45, 2.75) is 6.54 Å². The summed E-state index contributed by atoms with van der Waals surface area (Å²) < 4.78 is 49.0. The fourth-order valence-electron chi connectivity index (χ4n) is 1.50. The Hall–Kier alpha value is -2.13. The lowest BCUT2D eigenvalue weighted by atomic mass is 10.3. The van der Waals surface area contributed by atoms with Gasteiger partial charge in [0.25, 0.3) is 0 Å². The van der Waals surface area contributed by atoms with Gasteiger partial charge in [-0.25, -0.2) is 13.2 Å². The van der Waals surface area contributed by atoms with E-state index in [-0.39, 0.29) is 17.6 Å². The highest BCUT2D eigenvalue weighted by atomic mass is 19.2. The van der Waals surface area contributed by atoms with E-state index in [1.54, 1.807) is 7.11 Å². The summed E-state index contributed by atoms with van der Waals surface area (Å²) in [5.74, 6) is -3.86. The number of anilines is 2. The molecule has 0 fully saturated rings. The zero-order valence-corrected chi connectivity index (χ0v) is 11.1. The Bertz CT molecular complexity index is 583. The standard InChI is InChI=1S/C12H13F3N4O2/c1-20-3-2-16-6-10-18-19-12(21-10)17-7-4-8(13)11(15)9(14)5-7/h4-5,16H,2-3,6H2,1H3,(H,17,19). The highest BCUT2D eigenvalue weighted by Gasteiger charge is 2.12. The van der Waals surface area contributed by atoms with Crippen LogP contribution in [0.4, 0.5) is 24.9 Å². The number of hydrogen-bond donors (Lipinski definition) is 2. The van der Waals surface area contributed by atoms with Crippen LogP contribution >= 0.6 is 0 Å². The molecular weight excluding hydrogens is 289 g/mol. The van der Waals surface area contributed by atoms with Crippen LogP contribution in [0.3, 0.4) is 0 Å². The molecule has 6 nitrogen and oxygen atoms in total. The third-order valence-electron chi connectivity index (χ3n) is 2.46. The largest absolute Gasteiger partial charge is 0.406 e. The summed E-state index contributed by atoms with van der Waals surface area (Å²) in [6.07, 6.45) is 0. The molecule has 0 atom stereocenters. The number of nitrogens with one attached hydrogen (secondary N) is 2. The van der Waals surface area contributed by atoms with E-state index in [0.717, 1.165) is 12.1 Å². The van der Waals surface area contributed by atoms with Gasteiger partial charge in [0.15, 0.2) is 17.5 Å². The van der Waals surface area contributed by atoms with Crippen LogP contribution in [0.15, 0.2) is 16.5 Å². The molecule has 2 N–H and O–H groups in total. The summed E-state index contributed by atoms with van der Waals surface area (Å²) in [5, 5.41) is 12.9. The molecule has 0 saturated carbocycles. The van der Waals surface area contributed by atoms with E-state index in [1.165, 1.54) is 0 Å². The minimum Gasteiger partial charge on any atom is -0.406 e. The first kappa shape index (κ1) is 15.3. The van der Waals surface area contributed by atoms with Crippen molar-refractivity contribution < 1.29 is 22.3 Å². The Labute approximate surface area is 118 Å². The van der Waals surface area contributed by atoms with Crippen molar-refractivity contribution in [1.82, 2.24) is 15.5 Å². The lowest BCUT2D eigenvalue weighted by Crippen LogP contribution is -2.18. The molecule has 0 saturated heterocycles. The fourth-order valence-corrected chi connectivity index (χ4v) is 1.50. The van der Waals surface area contributed by atoms with E-state index in [9.17, 15) is 13.2 Å². The Morgan fingerprint density at radius 1 is 1.19 bits per heavy atom. The number of rotatable bonds is 7. The minimum atomic E-state index is -1.53. The molecule has 2 aromatic rings. The number of methoxy groups -OCH3 is 1. The Morgan fingerprint density at radius 2 is 1.90 bits per heavy atom. The predicted molar refractivity (Wildman–Crippen MR) is 67.5 cm³/mol. The second kappa shape index (κ2) is 7.04. The zero-order valence-electron chi connectivity index (χ0n) is 11.1. The molecule has 0 spiro atoms. The average molecular weight is 302 g/mol. The number of nitrogens with zero attached hydrogens (tertiary/aromatic N) is 2. The van der Waals surface area contributed by atoms with Gasteiger partial charge in [-0.15, -0.1) is 5.10 Å². The monoisotopic (exact) mass is 302 g/mol. The molecule has 0 aliphatic carbocycles. The first-order chi connectivity index (χ1) is 10.1. The number of aromatic nitrogens is 2. The van der Waals surface area contributed by atoms with E-state index >= 15 is 0 Å². The van der Waals surface area contributed by atoms with Crippen LogP contribution in [-0.4, -0.2) is 30.5 Å². The van der Waals surface area contributed by atoms with Gasteiger partial charge in [0.2, 0.25) is 5.89 Å². The molecule has 2 rings (SSSR count). The van der Waals surface area contributed by atoms with Crippen molar-refractivity contribution >= 4 is 11.7 Å². The van der Waals surface area contributed by atoms with E-state index < -0.39 is 17.5 Å². The number of ether oxygens (including phenoxy) is 1. The maximum atomic E-state index is 13.0. The van der Waals surface area contributed by atoms with E-state index in [1.807, 2.05) is 0 Å². The van der Waals surface area contributed by atoms with Gasteiger partial charge in [0.1, 0.15) is 0 Å². The van der Waals surface area contributed by atoms with Crippen LogP contribution in [0.25, 0.3) is 0 Å². The molecule has 9 heteroatoms. The second-order valence-corrected chi connectivity index (χ2v) is 4.05. The summed E-state index contributed by atoms with van der Waals surface area (Å²) in [7, 11) is 1.58. The van der Waals surface area contributed by atoms with Crippen molar-refractivity contribution in [3.8, 4) is 0 Å². The maximum Gasteiger partial charge on any atom is 0.320 e. The number of benzene rings is 1. The lowest BCUT2D eigenvalue weighted by molar-refractivity contribution is 0.198. The highest BCUT2D eigenvalue weighted by Crippen LogP contribution is 2.20. The fraction of sp³-hybridized carbons (Fsp3) is 0.333. The van der Waals surface area contributed by atoms with Gasteiger partial charge in [-0.2, -0.15) is 0 Å². The molecule has 21 heavy (non-hydrogen) atoms. The predicted octanol–water partition coefficient (Wildman–Crippen LogP) is 1.97. The Balaban J connectivity index is 1.96. The average Bonchev–Trinajstić information content (AvgIpc) is 2.88. The maximum absolute atomic E-state index is 13.0. The molecular formula is C12H13F3N4O2. The summed E-state index contributed by atoms with van der Waals surface area (Å²) in [6, 6.07) is 1.53. The molecule has 0 bridgehead atoms. The summed E-state index contributed by atoms with van der Waals surface area (Å²) in [5.41, 5.74) is -0.0334. The van der Waals surface area contributed by atoms with Crippen LogP contribution in [-0.2, 0) is 11.3 Å². The zero-order chi connectivity index (χ0) is 15.2. The molecule has 1 heterocycles. The van der Waals surface area contributed by atoms with Gasteiger partial charge >= 0.3 is 6.01 Å². The molecule has 0 amide bonds. The molecule has 1 aromatic heterocycles. The van der Waals surface area contributed by atoms with Crippen LogP contribution in [0.2, 0.25) is 0 Å². The summed E-state index contributed by atoms with van der Waals surface area (Å²) >= 11 is 0. The molecule has 0 unspecified atom stereocenters. The van der Waals surface area contributed by atoms with E-state index in [4.69, 9.17) is 9.15 Å². The second-order valence-electron chi connectivity index (χ2n) is 4.05. The summed E-state index contributed by atoms with van der Waals surface area (Å²) in [4.78, 5) is 0. The first-order valence-electron chi connectivity index (χ1n) is 6.03. The highest BCUT2D eigenvalue weighted by molar-refractivity contribution is 5.52. The SMILES string of the molecule is COCCNCc1nnc(Nc2cc(F)c(F)c(F)c2)o1. The van der Waals surface area contributed by atoms with Gasteiger partial charge in [0, 0.05) is 31.5 Å². The van der Waals surface area contributed by atoms with E-state index in [0.29, 0.717) is 19.7 Å². The van der Waals surface area contributed by atoms with Crippen molar-refractivity contribution in [3.05, 3.63) is 35.5 Å². The van der Waals surface area contributed by atoms with Crippen molar-refractivity contribution in [2.24, 2.45) is 0 Å². The Morgan fingerprint density at radius 3 is 2.57 bits per heavy atom. The van der Waals surface area contributed by atoms with Crippen molar-refractivity contribution in [1.29, 1.82) is 0 Å². The van der Waals surface area contributed by atoms with Gasteiger partial charge in [0.05, 0.1) is 13.2 Å². The third-order valence-corrected chi connectivity index (χ3v) is 2.46. The lowest BCUT2D eigenvalue weighted by Gasteiger charge is -2.03. The van der Waals surface area contributed by atoms with Crippen LogP contribution in [0, 0.1) is 17.5 Å². The molecule has 0 aliphatic rings. The quantitative estimate of drug-likeness (QED) is 0.602. The van der Waals surface area contributed by atoms with Crippen LogP contribution < -0.4 is 10.6 Å². The molecule has 1 aromatic carbocycles. The Kier molecular flexibility index (Phi) is 5.12.